The molecular weight excluding hydrogens is 194 g/mol. The van der Waals surface area contributed by atoms with E-state index in [2.05, 4.69) is 0 Å². The van der Waals surface area contributed by atoms with E-state index < -0.39 is 5.97 Å². The summed E-state index contributed by atoms with van der Waals surface area (Å²) in [4.78, 5) is 22.8. The zero-order valence-corrected chi connectivity index (χ0v) is 8.25. The van der Waals surface area contributed by atoms with Gasteiger partial charge < -0.3 is 9.67 Å². The van der Waals surface area contributed by atoms with Gasteiger partial charge in [-0.3, -0.25) is 4.79 Å². The molecule has 4 nitrogen and oxygen atoms in total. The van der Waals surface area contributed by atoms with Crippen LogP contribution in [0.2, 0.25) is 0 Å². The summed E-state index contributed by atoms with van der Waals surface area (Å²) in [5.41, 5.74) is 2.60. The lowest BCUT2D eigenvalue weighted by molar-refractivity contribution is 0.0691. The molecule has 1 aromatic rings. The number of rotatable bonds is 1. The van der Waals surface area contributed by atoms with Gasteiger partial charge >= 0.3 is 5.97 Å². The topological polar surface area (TPSA) is 59.3 Å². The number of carbonyl (C=O) groups is 2. The van der Waals surface area contributed by atoms with Gasteiger partial charge in [0.2, 0.25) is 0 Å². The van der Waals surface area contributed by atoms with Crippen molar-refractivity contribution in [1.29, 1.82) is 0 Å². The Balaban J connectivity index is 2.33. The van der Waals surface area contributed by atoms with Crippen molar-refractivity contribution >= 4 is 11.8 Å². The van der Waals surface area contributed by atoms with Gasteiger partial charge in [-0.25, -0.2) is 4.79 Å². The highest BCUT2D eigenvalue weighted by molar-refractivity contribution is 6.09. The van der Waals surface area contributed by atoms with Crippen molar-refractivity contribution in [2.75, 3.05) is 0 Å². The minimum Gasteiger partial charge on any atom is -0.478 e. The van der Waals surface area contributed by atoms with Gasteiger partial charge in [-0.2, -0.15) is 0 Å². The third-order valence-electron chi connectivity index (χ3n) is 3.36. The highest BCUT2D eigenvalue weighted by atomic mass is 16.4. The number of carbonyl (C=O) groups excluding carboxylic acids is 1. The van der Waals surface area contributed by atoms with Gasteiger partial charge in [0, 0.05) is 24.4 Å². The van der Waals surface area contributed by atoms with Crippen molar-refractivity contribution in [3.63, 3.8) is 0 Å². The van der Waals surface area contributed by atoms with Crippen LogP contribution < -0.4 is 0 Å². The first-order valence-electron chi connectivity index (χ1n) is 5.21. The molecule has 0 aromatic carbocycles. The largest absolute Gasteiger partial charge is 0.478 e. The average molecular weight is 205 g/mol. The van der Waals surface area contributed by atoms with Crippen molar-refractivity contribution in [2.24, 2.45) is 0 Å². The predicted molar refractivity (Wildman–Crippen MR) is 52.4 cm³/mol. The SMILES string of the molecule is O=C(O)c1c2c(n3c1CCC3)CCC2=O. The Labute approximate surface area is 86.5 Å². The van der Waals surface area contributed by atoms with Crippen molar-refractivity contribution in [3.8, 4) is 0 Å². The lowest BCUT2D eigenvalue weighted by atomic mass is 10.1. The number of carboxylic acid groups (broad SMARTS) is 1. The van der Waals surface area contributed by atoms with E-state index in [1.807, 2.05) is 4.57 Å². The van der Waals surface area contributed by atoms with E-state index in [-0.39, 0.29) is 11.3 Å². The summed E-state index contributed by atoms with van der Waals surface area (Å²) in [5, 5.41) is 9.15. The zero-order chi connectivity index (χ0) is 10.6. The lowest BCUT2D eigenvalue weighted by Gasteiger charge is -2.00. The molecule has 0 amide bonds. The molecule has 0 radical (unpaired) electrons. The van der Waals surface area contributed by atoms with Crippen molar-refractivity contribution in [3.05, 3.63) is 22.5 Å². The molecule has 0 spiro atoms. The van der Waals surface area contributed by atoms with E-state index in [1.54, 1.807) is 0 Å². The molecule has 78 valence electrons. The quantitative estimate of drug-likeness (QED) is 0.750. The summed E-state index contributed by atoms with van der Waals surface area (Å²) in [7, 11) is 0. The van der Waals surface area contributed by atoms with Crippen molar-refractivity contribution < 1.29 is 14.7 Å². The molecule has 15 heavy (non-hydrogen) atoms. The second-order valence-corrected chi connectivity index (χ2v) is 4.13. The molecule has 0 bridgehead atoms. The molecule has 1 aliphatic carbocycles. The molecule has 0 saturated heterocycles. The Morgan fingerprint density at radius 2 is 2.00 bits per heavy atom. The van der Waals surface area contributed by atoms with E-state index in [1.165, 1.54) is 0 Å². The third-order valence-corrected chi connectivity index (χ3v) is 3.36. The predicted octanol–water partition coefficient (Wildman–Crippen LogP) is 1.26. The Bertz CT molecular complexity index is 481. The molecule has 0 saturated carbocycles. The van der Waals surface area contributed by atoms with Crippen LogP contribution in [0.4, 0.5) is 0 Å². The number of aromatic nitrogens is 1. The molecule has 4 heteroatoms. The van der Waals surface area contributed by atoms with Crippen LogP contribution in [-0.2, 0) is 19.4 Å². The normalized spacial score (nSPS) is 18.0. The fourth-order valence-corrected chi connectivity index (χ4v) is 2.80. The monoisotopic (exact) mass is 205 g/mol. The summed E-state index contributed by atoms with van der Waals surface area (Å²) in [6.07, 6.45) is 2.98. The summed E-state index contributed by atoms with van der Waals surface area (Å²) >= 11 is 0. The summed E-state index contributed by atoms with van der Waals surface area (Å²) in [6.45, 7) is 0.873. The number of hydrogen-bond donors (Lipinski definition) is 1. The van der Waals surface area contributed by atoms with E-state index in [9.17, 15) is 9.59 Å². The maximum Gasteiger partial charge on any atom is 0.338 e. The van der Waals surface area contributed by atoms with Crippen LogP contribution in [0.5, 0.6) is 0 Å². The highest BCUT2D eigenvalue weighted by Gasteiger charge is 2.35. The van der Waals surface area contributed by atoms with Crippen molar-refractivity contribution in [1.82, 2.24) is 4.57 Å². The fraction of sp³-hybridized carbons (Fsp3) is 0.455. The molecule has 0 fully saturated rings. The van der Waals surface area contributed by atoms with Crippen LogP contribution >= 0.6 is 0 Å². The van der Waals surface area contributed by atoms with E-state index in [0.717, 1.165) is 30.8 Å². The first-order valence-corrected chi connectivity index (χ1v) is 5.21. The standard InChI is InChI=1S/C11H11NO3/c13-8-4-3-7-9(8)10(11(14)15)6-2-1-5-12(6)7/h1-5H2,(H,14,15). The van der Waals surface area contributed by atoms with Crippen LogP contribution in [0.3, 0.4) is 0 Å². The van der Waals surface area contributed by atoms with Crippen LogP contribution in [0.25, 0.3) is 0 Å². The van der Waals surface area contributed by atoms with Gasteiger partial charge in [0.1, 0.15) is 0 Å². The Hall–Kier alpha value is -1.58. The van der Waals surface area contributed by atoms with Gasteiger partial charge in [0.15, 0.2) is 5.78 Å². The molecular formula is C11H11NO3. The molecule has 3 rings (SSSR count). The number of Topliss-reactive ketones (excluding diaryl/α,β-unsaturated/α-hetero) is 1. The fourth-order valence-electron chi connectivity index (χ4n) is 2.80. The summed E-state index contributed by atoms with van der Waals surface area (Å²) in [5.74, 6) is -0.943. The second-order valence-electron chi connectivity index (χ2n) is 4.13. The van der Waals surface area contributed by atoms with Crippen LogP contribution in [-0.4, -0.2) is 21.4 Å². The van der Waals surface area contributed by atoms with Crippen LogP contribution in [0.15, 0.2) is 0 Å². The maximum atomic E-state index is 11.6. The second kappa shape index (κ2) is 2.72. The number of aromatic carboxylic acids is 1. The highest BCUT2D eigenvalue weighted by Crippen LogP contribution is 2.34. The smallest absolute Gasteiger partial charge is 0.338 e. The molecule has 2 aliphatic rings. The molecule has 1 aliphatic heterocycles. The number of nitrogens with zero attached hydrogens (tertiary/aromatic N) is 1. The summed E-state index contributed by atoms with van der Waals surface area (Å²) in [6, 6.07) is 0. The molecule has 1 aromatic heterocycles. The first-order chi connectivity index (χ1) is 7.20. The molecule has 1 N–H and O–H groups in total. The lowest BCUT2D eigenvalue weighted by Crippen LogP contribution is -2.05. The number of hydrogen-bond acceptors (Lipinski definition) is 2. The van der Waals surface area contributed by atoms with Crippen LogP contribution in [0, 0.1) is 0 Å². The minimum absolute atomic E-state index is 0.00398. The average Bonchev–Trinajstić information content (AvgIpc) is 2.77. The van der Waals surface area contributed by atoms with Gasteiger partial charge in [-0.15, -0.1) is 0 Å². The Morgan fingerprint density at radius 1 is 1.20 bits per heavy atom. The van der Waals surface area contributed by atoms with E-state index >= 15 is 0 Å². The van der Waals surface area contributed by atoms with E-state index in [4.69, 9.17) is 5.11 Å². The van der Waals surface area contributed by atoms with Gasteiger partial charge in [0.25, 0.3) is 0 Å². The van der Waals surface area contributed by atoms with Crippen LogP contribution in [0.1, 0.15) is 44.9 Å². The molecule has 2 heterocycles. The Morgan fingerprint density at radius 3 is 2.73 bits per heavy atom. The van der Waals surface area contributed by atoms with Gasteiger partial charge in [0.05, 0.1) is 11.1 Å². The van der Waals surface area contributed by atoms with E-state index in [0.29, 0.717) is 18.4 Å². The molecule has 0 atom stereocenters. The number of ketones is 1. The molecule has 0 unspecified atom stereocenters. The minimum atomic E-state index is -0.947. The third kappa shape index (κ3) is 0.963. The maximum absolute atomic E-state index is 11.6. The van der Waals surface area contributed by atoms with Crippen molar-refractivity contribution in [2.45, 2.75) is 32.2 Å². The first kappa shape index (κ1) is 8.71. The number of carboxylic acids is 1. The van der Waals surface area contributed by atoms with Gasteiger partial charge in [-0.1, -0.05) is 0 Å². The Kier molecular flexibility index (Phi) is 1.58. The van der Waals surface area contributed by atoms with Gasteiger partial charge in [-0.05, 0) is 19.3 Å². The zero-order valence-electron chi connectivity index (χ0n) is 8.25. The number of fused-ring (bicyclic) bond motifs is 3. The summed E-state index contributed by atoms with van der Waals surface area (Å²) < 4.78 is 2.05.